The Morgan fingerprint density at radius 1 is 1.14 bits per heavy atom. The van der Waals surface area contributed by atoms with Gasteiger partial charge in [0.1, 0.15) is 11.9 Å². The topological polar surface area (TPSA) is 55.8 Å². The molecule has 0 bridgehead atoms. The molecule has 3 aliphatic heterocycles. The summed E-state index contributed by atoms with van der Waals surface area (Å²) in [5.41, 5.74) is 1.19. The molecule has 3 heterocycles. The predicted molar refractivity (Wildman–Crippen MR) is 103 cm³/mol. The van der Waals surface area contributed by atoms with Crippen molar-refractivity contribution in [3.05, 3.63) is 47.0 Å². The lowest BCUT2D eigenvalue weighted by Gasteiger charge is -2.37. The Hall–Kier alpha value is -2.21. The van der Waals surface area contributed by atoms with Crippen LogP contribution in [0.2, 0.25) is 0 Å². The lowest BCUT2D eigenvalue weighted by Crippen LogP contribution is -2.41. The van der Waals surface area contributed by atoms with Gasteiger partial charge in [-0.15, -0.1) is 0 Å². The fraction of sp³-hybridized carbons (Fsp3) is 0.565. The molecule has 1 aromatic rings. The number of carbonyl (C=O) groups is 2. The predicted octanol–water partition coefficient (Wildman–Crippen LogP) is 3.55. The summed E-state index contributed by atoms with van der Waals surface area (Å²) >= 11 is 0. The van der Waals surface area contributed by atoms with Crippen LogP contribution < -0.4 is 0 Å². The summed E-state index contributed by atoms with van der Waals surface area (Å²) in [6.07, 6.45) is 4.20. The standard InChI is InChI=1S/C23H26FNO4/c1-13-4-9-18-17(11-13)21(26)19-20(14-5-7-15(24)8-6-14)25(23(27)22(19)29-18)12-16-3-2-10-28-16/h5-8,13,16-18,20H,2-4,9-12H2,1H3. The molecule has 0 aromatic heterocycles. The number of amides is 1. The van der Waals surface area contributed by atoms with E-state index in [2.05, 4.69) is 6.92 Å². The van der Waals surface area contributed by atoms with Crippen LogP contribution in [-0.4, -0.2) is 41.9 Å². The van der Waals surface area contributed by atoms with Crippen LogP contribution in [-0.2, 0) is 19.1 Å². The fourth-order valence-electron chi connectivity index (χ4n) is 5.31. The van der Waals surface area contributed by atoms with Crippen molar-refractivity contribution in [2.75, 3.05) is 13.2 Å². The molecule has 0 spiro atoms. The van der Waals surface area contributed by atoms with Crippen molar-refractivity contribution in [2.24, 2.45) is 11.8 Å². The van der Waals surface area contributed by atoms with E-state index in [0.29, 0.717) is 24.6 Å². The molecule has 5 atom stereocenters. The highest BCUT2D eigenvalue weighted by molar-refractivity contribution is 6.11. The van der Waals surface area contributed by atoms with E-state index in [1.165, 1.54) is 12.1 Å². The number of nitrogens with zero attached hydrogens (tertiary/aromatic N) is 1. The largest absolute Gasteiger partial charge is 0.483 e. The normalized spacial score (nSPS) is 34.3. The van der Waals surface area contributed by atoms with E-state index in [4.69, 9.17) is 9.47 Å². The van der Waals surface area contributed by atoms with Crippen LogP contribution in [0.3, 0.4) is 0 Å². The SMILES string of the molecule is CC1CCC2OC3=C(C(=O)C2C1)C(c1ccc(F)cc1)N(CC1CCCO1)C3=O. The van der Waals surface area contributed by atoms with E-state index >= 15 is 0 Å². The first kappa shape index (κ1) is 18.8. The molecule has 5 rings (SSSR count). The van der Waals surface area contributed by atoms with E-state index in [1.54, 1.807) is 17.0 Å². The van der Waals surface area contributed by atoms with E-state index in [0.717, 1.165) is 37.7 Å². The number of ether oxygens (including phenoxy) is 2. The maximum Gasteiger partial charge on any atom is 0.290 e. The van der Waals surface area contributed by atoms with Crippen molar-refractivity contribution in [1.29, 1.82) is 0 Å². The van der Waals surface area contributed by atoms with Crippen LogP contribution >= 0.6 is 0 Å². The first-order valence-electron chi connectivity index (χ1n) is 10.7. The van der Waals surface area contributed by atoms with Gasteiger partial charge in [0.2, 0.25) is 0 Å². The summed E-state index contributed by atoms with van der Waals surface area (Å²) in [5, 5.41) is 0. The number of benzene rings is 1. The van der Waals surface area contributed by atoms with Gasteiger partial charge in [0.05, 0.1) is 23.6 Å². The van der Waals surface area contributed by atoms with Gasteiger partial charge in [0.15, 0.2) is 11.5 Å². The molecule has 1 aromatic carbocycles. The Labute approximate surface area is 169 Å². The van der Waals surface area contributed by atoms with Crippen molar-refractivity contribution in [1.82, 2.24) is 4.90 Å². The molecule has 5 unspecified atom stereocenters. The Balaban J connectivity index is 1.54. The average molecular weight is 399 g/mol. The smallest absolute Gasteiger partial charge is 0.290 e. The molecule has 1 aliphatic carbocycles. The van der Waals surface area contributed by atoms with Gasteiger partial charge in [-0.3, -0.25) is 9.59 Å². The summed E-state index contributed by atoms with van der Waals surface area (Å²) in [5.74, 6) is -0.0784. The molecule has 1 saturated carbocycles. The van der Waals surface area contributed by atoms with E-state index in [-0.39, 0.29) is 41.4 Å². The molecule has 154 valence electrons. The van der Waals surface area contributed by atoms with Crippen LogP contribution in [0.1, 0.15) is 50.6 Å². The van der Waals surface area contributed by atoms with Gasteiger partial charge in [-0.25, -0.2) is 4.39 Å². The van der Waals surface area contributed by atoms with Crippen LogP contribution in [0, 0.1) is 17.7 Å². The lowest BCUT2D eigenvalue weighted by atomic mass is 9.74. The quantitative estimate of drug-likeness (QED) is 0.780. The number of Topliss-reactive ketones (excluding diaryl/α,β-unsaturated/α-hetero) is 1. The van der Waals surface area contributed by atoms with Crippen molar-refractivity contribution < 1.29 is 23.5 Å². The van der Waals surface area contributed by atoms with Crippen molar-refractivity contribution in [2.45, 2.75) is 57.3 Å². The van der Waals surface area contributed by atoms with E-state index in [1.807, 2.05) is 0 Å². The first-order chi connectivity index (χ1) is 14.0. The highest BCUT2D eigenvalue weighted by Gasteiger charge is 2.52. The van der Waals surface area contributed by atoms with Gasteiger partial charge < -0.3 is 14.4 Å². The second-order valence-electron chi connectivity index (χ2n) is 8.83. The van der Waals surface area contributed by atoms with Gasteiger partial charge in [-0.1, -0.05) is 19.1 Å². The molecule has 4 aliphatic rings. The monoisotopic (exact) mass is 399 g/mol. The second-order valence-corrected chi connectivity index (χ2v) is 8.83. The van der Waals surface area contributed by atoms with Crippen LogP contribution in [0.5, 0.6) is 0 Å². The van der Waals surface area contributed by atoms with Crippen LogP contribution in [0.25, 0.3) is 0 Å². The zero-order valence-corrected chi connectivity index (χ0v) is 16.6. The Morgan fingerprint density at radius 3 is 2.66 bits per heavy atom. The number of rotatable bonds is 3. The molecule has 6 heteroatoms. The van der Waals surface area contributed by atoms with Gasteiger partial charge in [-0.2, -0.15) is 0 Å². The zero-order valence-electron chi connectivity index (χ0n) is 16.6. The molecule has 1 amide bonds. The minimum atomic E-state index is -0.534. The molecule has 2 fully saturated rings. The second kappa shape index (κ2) is 7.24. The Bertz CT molecular complexity index is 858. The van der Waals surface area contributed by atoms with Crippen molar-refractivity contribution in [3.8, 4) is 0 Å². The third kappa shape index (κ3) is 3.18. The zero-order chi connectivity index (χ0) is 20.1. The van der Waals surface area contributed by atoms with Gasteiger partial charge in [0.25, 0.3) is 5.91 Å². The van der Waals surface area contributed by atoms with E-state index in [9.17, 15) is 14.0 Å². The number of fused-ring (bicyclic) bond motifs is 1. The highest BCUT2D eigenvalue weighted by Crippen LogP contribution is 2.47. The lowest BCUT2D eigenvalue weighted by molar-refractivity contribution is -0.136. The number of hydrogen-bond donors (Lipinski definition) is 0. The first-order valence-corrected chi connectivity index (χ1v) is 10.7. The average Bonchev–Trinajstić information content (AvgIpc) is 3.32. The minimum Gasteiger partial charge on any atom is -0.483 e. The number of hydrogen-bond acceptors (Lipinski definition) is 4. The Kier molecular flexibility index (Phi) is 4.69. The van der Waals surface area contributed by atoms with Gasteiger partial charge in [0, 0.05) is 13.2 Å². The summed E-state index contributed by atoms with van der Waals surface area (Å²) in [4.78, 5) is 28.6. The van der Waals surface area contributed by atoms with E-state index < -0.39 is 6.04 Å². The van der Waals surface area contributed by atoms with Gasteiger partial charge in [-0.05, 0) is 55.7 Å². The molecule has 1 saturated heterocycles. The minimum absolute atomic E-state index is 0.0281. The molecule has 0 radical (unpaired) electrons. The third-order valence-corrected chi connectivity index (χ3v) is 6.82. The number of carbonyl (C=O) groups excluding carboxylic acids is 2. The Morgan fingerprint density at radius 2 is 1.93 bits per heavy atom. The summed E-state index contributed by atoms with van der Waals surface area (Å²) < 4.78 is 25.5. The molecular weight excluding hydrogens is 373 g/mol. The van der Waals surface area contributed by atoms with Crippen LogP contribution in [0.15, 0.2) is 35.6 Å². The molecule has 5 nitrogen and oxygen atoms in total. The van der Waals surface area contributed by atoms with Crippen molar-refractivity contribution >= 4 is 11.7 Å². The fourth-order valence-corrected chi connectivity index (χ4v) is 5.31. The van der Waals surface area contributed by atoms with Gasteiger partial charge >= 0.3 is 0 Å². The molecule has 29 heavy (non-hydrogen) atoms. The number of halogens is 1. The summed E-state index contributed by atoms with van der Waals surface area (Å²) in [6, 6.07) is 5.54. The van der Waals surface area contributed by atoms with Crippen LogP contribution in [0.4, 0.5) is 4.39 Å². The maximum atomic E-state index is 13.5. The molecule has 0 N–H and O–H groups in total. The van der Waals surface area contributed by atoms with Crippen molar-refractivity contribution in [3.63, 3.8) is 0 Å². The molecular formula is C23H26FNO4. The maximum absolute atomic E-state index is 13.5. The third-order valence-electron chi connectivity index (χ3n) is 6.82. The summed E-state index contributed by atoms with van der Waals surface area (Å²) in [7, 11) is 0. The number of ketones is 1. The highest BCUT2D eigenvalue weighted by atomic mass is 19.1. The summed E-state index contributed by atoms with van der Waals surface area (Å²) in [6.45, 7) is 3.27.